The van der Waals surface area contributed by atoms with E-state index in [9.17, 15) is 0 Å². The Morgan fingerprint density at radius 2 is 2.23 bits per heavy atom. The lowest BCUT2D eigenvalue weighted by Gasteiger charge is -2.28. The number of aromatic nitrogens is 2. The number of pyridine rings is 1. The number of ether oxygens (including phenoxy) is 1. The number of morpholine rings is 1. The first-order valence-corrected chi connectivity index (χ1v) is 9.35. The molecule has 2 aliphatic rings. The molecule has 0 aromatic carbocycles. The van der Waals surface area contributed by atoms with Gasteiger partial charge in [0.25, 0.3) is 0 Å². The number of hydrogen-bond acceptors (Lipinski definition) is 6. The number of fused-ring (bicyclic) bond motifs is 1. The molecule has 1 atom stereocenters. The van der Waals surface area contributed by atoms with Gasteiger partial charge in [-0.15, -0.1) is 0 Å². The van der Waals surface area contributed by atoms with Gasteiger partial charge in [0, 0.05) is 30.3 Å². The van der Waals surface area contributed by atoms with Crippen LogP contribution in [0, 0.1) is 0 Å². The lowest BCUT2D eigenvalue weighted by Crippen LogP contribution is -2.39. The van der Waals surface area contributed by atoms with Gasteiger partial charge in [-0.3, -0.25) is 9.39 Å². The molecule has 0 N–H and O–H groups in total. The summed E-state index contributed by atoms with van der Waals surface area (Å²) in [5.74, 6) is 1.04. The first-order valence-electron chi connectivity index (χ1n) is 7.49. The molecule has 4 heterocycles. The Balaban J connectivity index is 1.34. The summed E-state index contributed by atoms with van der Waals surface area (Å²) in [6, 6.07) is 6.17. The minimum Gasteiger partial charge on any atom is -0.378 e. The van der Waals surface area contributed by atoms with E-state index in [1.165, 1.54) is 5.17 Å². The number of rotatable bonds is 3. The third-order valence-electron chi connectivity index (χ3n) is 3.79. The van der Waals surface area contributed by atoms with Gasteiger partial charge in [0.15, 0.2) is 10.3 Å². The van der Waals surface area contributed by atoms with Gasteiger partial charge in [-0.1, -0.05) is 29.6 Å². The highest BCUT2D eigenvalue weighted by molar-refractivity contribution is 8.15. The van der Waals surface area contributed by atoms with Gasteiger partial charge >= 0.3 is 0 Å². The van der Waals surface area contributed by atoms with Crippen molar-refractivity contribution in [3.63, 3.8) is 0 Å². The van der Waals surface area contributed by atoms with E-state index in [0.717, 1.165) is 49.3 Å². The molecule has 0 bridgehead atoms. The van der Waals surface area contributed by atoms with Crippen LogP contribution in [0.1, 0.15) is 0 Å². The van der Waals surface area contributed by atoms with Crippen LogP contribution in [0.3, 0.4) is 0 Å². The molecule has 2 aliphatic heterocycles. The van der Waals surface area contributed by atoms with Crippen molar-refractivity contribution in [1.82, 2.24) is 14.3 Å². The molecule has 2 aromatic rings. The van der Waals surface area contributed by atoms with Gasteiger partial charge in [-0.05, 0) is 12.1 Å². The van der Waals surface area contributed by atoms with Crippen LogP contribution < -0.4 is 0 Å². The van der Waals surface area contributed by atoms with Crippen molar-refractivity contribution in [3.8, 4) is 0 Å². The van der Waals surface area contributed by atoms with Crippen LogP contribution in [0.15, 0.2) is 40.7 Å². The van der Waals surface area contributed by atoms with Gasteiger partial charge in [-0.25, -0.2) is 4.98 Å². The molecule has 0 radical (unpaired) electrons. The average Bonchev–Trinajstić information content (AvgIpc) is 3.21. The second kappa shape index (κ2) is 6.52. The molecule has 5 nitrogen and oxygen atoms in total. The highest BCUT2D eigenvalue weighted by atomic mass is 32.2. The zero-order chi connectivity index (χ0) is 14.8. The first kappa shape index (κ1) is 14.4. The smallest absolute Gasteiger partial charge is 0.172 e. The number of hydrogen-bond donors (Lipinski definition) is 0. The molecule has 116 valence electrons. The molecule has 1 unspecified atom stereocenters. The number of thioether (sulfide) groups is 2. The summed E-state index contributed by atoms with van der Waals surface area (Å²) in [5, 5.41) is 2.80. The Labute approximate surface area is 138 Å². The quantitative estimate of drug-likeness (QED) is 0.805. The van der Waals surface area contributed by atoms with Gasteiger partial charge in [0.05, 0.1) is 31.5 Å². The fourth-order valence-corrected chi connectivity index (χ4v) is 4.89. The highest BCUT2D eigenvalue weighted by Gasteiger charge is 2.25. The minimum atomic E-state index is 0.541. The van der Waals surface area contributed by atoms with Crippen molar-refractivity contribution in [2.45, 2.75) is 10.4 Å². The normalized spacial score (nSPS) is 22.3. The van der Waals surface area contributed by atoms with E-state index in [2.05, 4.69) is 26.5 Å². The summed E-state index contributed by atoms with van der Waals surface area (Å²) in [5.41, 5.74) is 1.15. The maximum absolute atomic E-state index is 5.40. The number of aliphatic imine (C=N–C) groups is 1. The molecule has 0 saturated carbocycles. The second-order valence-electron chi connectivity index (χ2n) is 5.31. The lowest BCUT2D eigenvalue weighted by atomic mass is 10.4. The third kappa shape index (κ3) is 2.98. The van der Waals surface area contributed by atoms with Crippen molar-refractivity contribution in [1.29, 1.82) is 0 Å². The van der Waals surface area contributed by atoms with Crippen LogP contribution in [0.2, 0.25) is 0 Å². The topological polar surface area (TPSA) is 42.1 Å². The Kier molecular flexibility index (Phi) is 4.27. The predicted molar refractivity (Wildman–Crippen MR) is 92.0 cm³/mol. The van der Waals surface area contributed by atoms with Crippen molar-refractivity contribution < 1.29 is 4.74 Å². The molecule has 0 aliphatic carbocycles. The van der Waals surface area contributed by atoms with Gasteiger partial charge < -0.3 is 9.64 Å². The zero-order valence-corrected chi connectivity index (χ0v) is 13.9. The second-order valence-corrected chi connectivity index (χ2v) is 7.56. The molecule has 4 rings (SSSR count). The van der Waals surface area contributed by atoms with Gasteiger partial charge in [0.2, 0.25) is 0 Å². The molecule has 1 fully saturated rings. The van der Waals surface area contributed by atoms with Crippen LogP contribution in [0.5, 0.6) is 0 Å². The van der Waals surface area contributed by atoms with Gasteiger partial charge in [-0.2, -0.15) is 0 Å². The van der Waals surface area contributed by atoms with Crippen molar-refractivity contribution in [2.24, 2.45) is 4.99 Å². The monoisotopic (exact) mass is 334 g/mol. The molecule has 0 spiro atoms. The molecule has 22 heavy (non-hydrogen) atoms. The molecular formula is C15H18N4OS2. The predicted octanol–water partition coefficient (Wildman–Crippen LogP) is 2.23. The maximum Gasteiger partial charge on any atom is 0.172 e. The maximum atomic E-state index is 5.40. The van der Waals surface area contributed by atoms with Crippen LogP contribution in [0.4, 0.5) is 0 Å². The van der Waals surface area contributed by atoms with Crippen LogP contribution >= 0.6 is 23.5 Å². The van der Waals surface area contributed by atoms with Crippen LogP contribution in [0.25, 0.3) is 5.52 Å². The largest absolute Gasteiger partial charge is 0.378 e. The van der Waals surface area contributed by atoms with Crippen molar-refractivity contribution >= 4 is 34.2 Å². The standard InChI is InChI=1S/C15H18N4OS2/c1-2-4-19-12(3-1)9-16-15(19)21-11-13-10-17-14(22-13)18-5-7-20-8-6-18/h1-4,9,13H,5-8,10-11H2. The average molecular weight is 334 g/mol. The number of nitrogens with zero attached hydrogens (tertiary/aromatic N) is 4. The van der Waals surface area contributed by atoms with E-state index in [4.69, 9.17) is 9.73 Å². The molecule has 2 aromatic heterocycles. The van der Waals surface area contributed by atoms with E-state index in [1.54, 1.807) is 0 Å². The highest BCUT2D eigenvalue weighted by Crippen LogP contribution is 2.29. The summed E-state index contributed by atoms with van der Waals surface area (Å²) in [6.45, 7) is 4.49. The Morgan fingerprint density at radius 1 is 1.32 bits per heavy atom. The molecule has 7 heteroatoms. The number of amidine groups is 1. The van der Waals surface area contributed by atoms with Crippen molar-refractivity contribution in [3.05, 3.63) is 30.6 Å². The SMILES string of the molecule is c1ccn2c(SCC3CN=C(N4CCOCC4)S3)ncc2c1. The van der Waals surface area contributed by atoms with Crippen LogP contribution in [-0.2, 0) is 4.74 Å². The summed E-state index contributed by atoms with van der Waals surface area (Å²) in [4.78, 5) is 11.6. The molecular weight excluding hydrogens is 316 g/mol. The Morgan fingerprint density at radius 3 is 3.14 bits per heavy atom. The van der Waals surface area contributed by atoms with Crippen molar-refractivity contribution in [2.75, 3.05) is 38.6 Å². The van der Waals surface area contributed by atoms with E-state index in [-0.39, 0.29) is 0 Å². The Hall–Kier alpha value is -1.18. The zero-order valence-electron chi connectivity index (χ0n) is 12.2. The van der Waals surface area contributed by atoms with Crippen LogP contribution in [-0.4, -0.2) is 63.3 Å². The van der Waals surface area contributed by atoms with E-state index >= 15 is 0 Å². The first-order chi connectivity index (χ1) is 10.9. The fourth-order valence-electron chi connectivity index (χ4n) is 2.61. The summed E-state index contributed by atoms with van der Waals surface area (Å²) >= 11 is 3.72. The summed E-state index contributed by atoms with van der Waals surface area (Å²) in [7, 11) is 0. The summed E-state index contributed by atoms with van der Waals surface area (Å²) in [6.07, 6.45) is 4.00. The number of imidazole rings is 1. The van der Waals surface area contributed by atoms with E-state index in [1.807, 2.05) is 41.9 Å². The molecule has 0 amide bonds. The summed E-state index contributed by atoms with van der Waals surface area (Å²) < 4.78 is 7.55. The lowest BCUT2D eigenvalue weighted by molar-refractivity contribution is 0.0693. The van der Waals surface area contributed by atoms with Gasteiger partial charge in [0.1, 0.15) is 0 Å². The fraction of sp³-hybridized carbons (Fsp3) is 0.467. The van der Waals surface area contributed by atoms with E-state index in [0.29, 0.717) is 5.25 Å². The minimum absolute atomic E-state index is 0.541. The Bertz CT molecular complexity index is 681. The molecule has 1 saturated heterocycles. The van der Waals surface area contributed by atoms with E-state index < -0.39 is 0 Å². The third-order valence-corrected chi connectivity index (χ3v) is 6.37.